The van der Waals surface area contributed by atoms with E-state index in [1.165, 1.54) is 139 Å². The van der Waals surface area contributed by atoms with Crippen LogP contribution in [0.5, 0.6) is 0 Å². The van der Waals surface area contributed by atoms with Gasteiger partial charge in [0.2, 0.25) is 0 Å². The second-order valence-corrected chi connectivity index (χ2v) is 21.2. The molecule has 2 aliphatic rings. The fourth-order valence-corrected chi connectivity index (χ4v) is 14.5. The Morgan fingerprint density at radius 1 is 0.261 bits per heavy atom. The van der Waals surface area contributed by atoms with Crippen molar-refractivity contribution in [1.29, 1.82) is 0 Å². The lowest BCUT2D eigenvalue weighted by Gasteiger charge is -2.38. The first-order valence-electron chi connectivity index (χ1n) is 23.4. The summed E-state index contributed by atoms with van der Waals surface area (Å²) in [6.07, 6.45) is 0. The molecule has 0 atom stereocenters. The molecule has 15 rings (SSSR count). The number of benzene rings is 12. The van der Waals surface area contributed by atoms with E-state index in [-0.39, 0.29) is 0 Å². The van der Waals surface area contributed by atoms with Gasteiger partial charge in [-0.3, -0.25) is 0 Å². The van der Waals surface area contributed by atoms with Crippen LogP contribution in [-0.4, -0.2) is 0 Å². The number of hydrogen-bond acceptors (Lipinski definition) is 5. The molecule has 0 spiro atoms. The molecule has 1 aromatic heterocycles. The molecule has 13 aromatic rings. The van der Waals surface area contributed by atoms with Crippen molar-refractivity contribution in [2.45, 2.75) is 19.6 Å². The Kier molecular flexibility index (Phi) is 8.73. The van der Waals surface area contributed by atoms with Crippen molar-refractivity contribution in [1.82, 2.24) is 0 Å². The van der Waals surface area contributed by atoms with Gasteiger partial charge in [0.05, 0.1) is 34.1 Å². The predicted octanol–water partition coefficient (Wildman–Crippen LogP) is 19.9. The minimum Gasteiger partial charge on any atom is -0.307 e. The number of thiophene rings is 1. The Balaban J connectivity index is 1.10. The minimum absolute atomic E-state index is 1.18. The normalized spacial score (nSPS) is 13.0. The highest BCUT2D eigenvalue weighted by atomic mass is 32.2. The fraction of sp³-hybridized carbons (Fsp3) is 0. The summed E-state index contributed by atoms with van der Waals surface area (Å²) in [7, 11) is 0. The van der Waals surface area contributed by atoms with Crippen LogP contribution in [0.25, 0.3) is 85.5 Å². The van der Waals surface area contributed by atoms with E-state index in [1.54, 1.807) is 0 Å². The molecule has 12 aromatic carbocycles. The Bertz CT molecular complexity index is 4230. The molecular weight excluding hydrogens is 893 g/mol. The van der Waals surface area contributed by atoms with E-state index in [1.807, 2.05) is 34.9 Å². The maximum absolute atomic E-state index is 2.61. The topological polar surface area (TPSA) is 6.48 Å². The van der Waals surface area contributed by atoms with E-state index in [0.29, 0.717) is 0 Å². The Hall–Kier alpha value is -7.80. The number of hydrogen-bond donors (Lipinski definition) is 0. The molecule has 2 nitrogen and oxygen atoms in total. The number of rotatable bonds is 4. The van der Waals surface area contributed by atoms with Crippen LogP contribution >= 0.6 is 34.9 Å². The van der Waals surface area contributed by atoms with Crippen molar-refractivity contribution in [2.75, 3.05) is 9.80 Å². The Morgan fingerprint density at radius 2 is 0.696 bits per heavy atom. The summed E-state index contributed by atoms with van der Waals surface area (Å²) in [5, 5.41) is 12.7. The highest BCUT2D eigenvalue weighted by molar-refractivity contribution is 8.00. The van der Waals surface area contributed by atoms with Crippen molar-refractivity contribution < 1.29 is 0 Å². The van der Waals surface area contributed by atoms with Crippen molar-refractivity contribution in [3.8, 4) is 22.3 Å². The molecule has 5 heteroatoms. The third-order valence-electron chi connectivity index (χ3n) is 14.1. The smallest absolute Gasteiger partial charge is 0.0621 e. The molecule has 0 N–H and O–H groups in total. The van der Waals surface area contributed by atoms with Gasteiger partial charge in [0, 0.05) is 66.7 Å². The second-order valence-electron chi connectivity index (χ2n) is 17.9. The van der Waals surface area contributed by atoms with Crippen molar-refractivity contribution in [3.63, 3.8) is 0 Å². The van der Waals surface area contributed by atoms with Gasteiger partial charge in [0.15, 0.2) is 0 Å². The molecule has 2 aliphatic heterocycles. The first kappa shape index (κ1) is 39.2. The van der Waals surface area contributed by atoms with Gasteiger partial charge in [-0.25, -0.2) is 0 Å². The maximum Gasteiger partial charge on any atom is 0.0621 e. The first-order valence-corrected chi connectivity index (χ1v) is 25.9. The van der Waals surface area contributed by atoms with Crippen LogP contribution in [0.15, 0.2) is 250 Å². The van der Waals surface area contributed by atoms with E-state index in [2.05, 4.69) is 240 Å². The largest absolute Gasteiger partial charge is 0.307 e. The van der Waals surface area contributed by atoms with Crippen LogP contribution in [0.4, 0.5) is 34.1 Å². The maximum atomic E-state index is 2.61. The van der Waals surface area contributed by atoms with Gasteiger partial charge < -0.3 is 9.80 Å². The highest BCUT2D eigenvalue weighted by Crippen LogP contribution is 2.60. The first-order chi connectivity index (χ1) is 34.2. The minimum atomic E-state index is 1.18. The third-order valence-corrected chi connectivity index (χ3v) is 17.6. The number of anilines is 6. The SMILES string of the molecule is c1ccc(-c2ccc3c(N4c5ccccc5Sc5cc6c(cc54)sc4c5ccccc5c5ccccc5c64)c4cc(-c5ccccc5)ccc4c(N4c5ccccc5Sc5ccccc54)c3c2)cc1. The molecule has 0 saturated carbocycles. The number of fused-ring (bicyclic) bond motifs is 14. The zero-order valence-electron chi connectivity index (χ0n) is 37.1. The van der Waals surface area contributed by atoms with E-state index < -0.39 is 0 Å². The van der Waals surface area contributed by atoms with Crippen molar-refractivity contribution >= 4 is 132 Å². The summed E-state index contributed by atoms with van der Waals surface area (Å²) in [5.74, 6) is 0. The van der Waals surface area contributed by atoms with Gasteiger partial charge >= 0.3 is 0 Å². The molecule has 3 heterocycles. The van der Waals surface area contributed by atoms with Crippen molar-refractivity contribution in [2.24, 2.45) is 0 Å². The monoisotopic (exact) mass is 930 g/mol. The van der Waals surface area contributed by atoms with E-state index in [9.17, 15) is 0 Å². The summed E-state index contributed by atoms with van der Waals surface area (Å²) in [5.41, 5.74) is 11.9. The van der Waals surface area contributed by atoms with Crippen LogP contribution in [0.1, 0.15) is 0 Å². The lowest BCUT2D eigenvalue weighted by molar-refractivity contribution is 1.17. The zero-order valence-corrected chi connectivity index (χ0v) is 39.5. The quantitative estimate of drug-likeness (QED) is 0.128. The van der Waals surface area contributed by atoms with E-state index in [4.69, 9.17) is 0 Å². The summed E-state index contributed by atoms with van der Waals surface area (Å²) >= 11 is 5.67. The molecule has 0 saturated heterocycles. The van der Waals surface area contributed by atoms with Crippen LogP contribution in [0.3, 0.4) is 0 Å². The molecule has 0 bridgehead atoms. The molecule has 69 heavy (non-hydrogen) atoms. The Labute approximate surface area is 411 Å². The van der Waals surface area contributed by atoms with Gasteiger partial charge in [-0.1, -0.05) is 193 Å². The second kappa shape index (κ2) is 15.4. The van der Waals surface area contributed by atoms with Crippen LogP contribution < -0.4 is 9.80 Å². The summed E-state index contributed by atoms with van der Waals surface area (Å²) < 4.78 is 2.63. The van der Waals surface area contributed by atoms with E-state index in [0.717, 1.165) is 0 Å². The van der Waals surface area contributed by atoms with Crippen LogP contribution in [-0.2, 0) is 0 Å². The average molecular weight is 931 g/mol. The molecule has 0 radical (unpaired) electrons. The van der Waals surface area contributed by atoms with Gasteiger partial charge in [0.25, 0.3) is 0 Å². The lowest BCUT2D eigenvalue weighted by Crippen LogP contribution is -2.18. The predicted molar refractivity (Wildman–Crippen MR) is 298 cm³/mol. The molecule has 0 fully saturated rings. The molecule has 0 unspecified atom stereocenters. The summed E-state index contributed by atoms with van der Waals surface area (Å²) in [6, 6.07) is 85.9. The molecule has 0 amide bonds. The van der Waals surface area contributed by atoms with Crippen molar-refractivity contribution in [3.05, 3.63) is 231 Å². The lowest BCUT2D eigenvalue weighted by atomic mass is 9.91. The number of para-hydroxylation sites is 3. The van der Waals surface area contributed by atoms with Gasteiger partial charge in [-0.15, -0.1) is 11.3 Å². The van der Waals surface area contributed by atoms with Crippen LogP contribution in [0, 0.1) is 0 Å². The standard InChI is InChI=1S/C64H38N2S3/c1-3-17-39(18-4-1)41-32-34-47-49(35-41)62(65-52-25-11-14-28-56(52)67-57-29-15-12-26-53(57)65)46-33-31-42(40-19-5-2-6-20-40)36-50(46)63(47)66-54-27-13-16-30-58(54)68-60-37-51-59(38-55(60)66)69-64-48-24-10-8-22-44(48)43-21-7-9-23-45(43)61(51)64/h1-38H. The van der Waals surface area contributed by atoms with Crippen LogP contribution in [0.2, 0.25) is 0 Å². The average Bonchev–Trinajstić information content (AvgIpc) is 3.80. The van der Waals surface area contributed by atoms with Gasteiger partial charge in [-0.2, -0.15) is 0 Å². The molecule has 0 aliphatic carbocycles. The number of nitrogens with zero attached hydrogens (tertiary/aromatic N) is 2. The van der Waals surface area contributed by atoms with Gasteiger partial charge in [0.1, 0.15) is 0 Å². The van der Waals surface area contributed by atoms with E-state index >= 15 is 0 Å². The third kappa shape index (κ3) is 5.95. The van der Waals surface area contributed by atoms with Gasteiger partial charge in [-0.05, 0) is 99.1 Å². The molecular formula is C64H38N2S3. The Morgan fingerprint density at radius 3 is 1.25 bits per heavy atom. The molecule has 322 valence electrons. The summed E-state index contributed by atoms with van der Waals surface area (Å²) in [6.45, 7) is 0. The highest BCUT2D eigenvalue weighted by Gasteiger charge is 2.33. The zero-order chi connectivity index (χ0) is 45.2. The summed E-state index contributed by atoms with van der Waals surface area (Å²) in [4.78, 5) is 10.1. The fourth-order valence-electron chi connectivity index (χ4n) is 11.1.